The van der Waals surface area contributed by atoms with Gasteiger partial charge in [0.05, 0.1) is 12.8 Å². The Balaban J connectivity index is 2.24. The molecule has 0 bridgehead atoms. The molecule has 2 rings (SSSR count). The van der Waals surface area contributed by atoms with Crippen molar-refractivity contribution in [1.82, 2.24) is 0 Å². The van der Waals surface area contributed by atoms with E-state index in [-0.39, 0.29) is 0 Å². The summed E-state index contributed by atoms with van der Waals surface area (Å²) in [5.41, 5.74) is 2.01. The number of fused-ring (bicyclic) bond motifs is 1. The molecule has 1 aliphatic rings. The Morgan fingerprint density at radius 2 is 2.20 bits per heavy atom. The van der Waals surface area contributed by atoms with Crippen LogP contribution in [0.4, 0.5) is 0 Å². The zero-order valence-corrected chi connectivity index (χ0v) is 8.82. The zero-order valence-electron chi connectivity index (χ0n) is 8.82. The smallest absolute Gasteiger partial charge is 0.130 e. The molecule has 4 heteroatoms. The number of methoxy groups -OCH3 is 1. The third-order valence-corrected chi connectivity index (χ3v) is 2.28. The highest BCUT2D eigenvalue weighted by Crippen LogP contribution is 2.28. The topological polar surface area (TPSA) is 40.0 Å². The van der Waals surface area contributed by atoms with Crippen LogP contribution in [-0.2, 0) is 11.3 Å². The molecule has 0 aliphatic carbocycles. The Morgan fingerprint density at radius 3 is 2.93 bits per heavy atom. The molecule has 0 atom stereocenters. The van der Waals surface area contributed by atoms with Gasteiger partial charge in [-0.2, -0.15) is 0 Å². The molecular formula is C11H13NO3. The van der Waals surface area contributed by atoms with E-state index in [1.807, 2.05) is 18.2 Å². The Kier molecular flexibility index (Phi) is 2.76. The van der Waals surface area contributed by atoms with Crippen LogP contribution in [0.1, 0.15) is 5.56 Å². The van der Waals surface area contributed by atoms with Gasteiger partial charge in [-0.15, -0.1) is 0 Å². The van der Waals surface area contributed by atoms with E-state index in [2.05, 4.69) is 5.16 Å². The number of nitrogens with zero attached hydrogens (tertiary/aromatic N) is 1. The summed E-state index contributed by atoms with van der Waals surface area (Å²) < 4.78 is 10.7. The van der Waals surface area contributed by atoms with Crippen molar-refractivity contribution < 1.29 is 14.3 Å². The number of oxime groups is 1. The average molecular weight is 207 g/mol. The third-order valence-electron chi connectivity index (χ3n) is 2.28. The van der Waals surface area contributed by atoms with E-state index >= 15 is 0 Å². The lowest BCUT2D eigenvalue weighted by Crippen LogP contribution is -2.20. The molecule has 4 nitrogen and oxygen atoms in total. The highest BCUT2D eigenvalue weighted by molar-refractivity contribution is 5.89. The molecule has 0 saturated carbocycles. The number of ether oxygens (including phenoxy) is 2. The second-order valence-corrected chi connectivity index (χ2v) is 3.28. The van der Waals surface area contributed by atoms with Gasteiger partial charge in [-0.25, -0.2) is 0 Å². The second-order valence-electron chi connectivity index (χ2n) is 3.28. The lowest BCUT2D eigenvalue weighted by Gasteiger charge is -2.18. The molecule has 80 valence electrons. The molecule has 0 amide bonds. The molecule has 0 aromatic heterocycles. The van der Waals surface area contributed by atoms with Crippen LogP contribution in [0.3, 0.4) is 0 Å². The molecule has 0 N–H and O–H groups in total. The van der Waals surface area contributed by atoms with Gasteiger partial charge in [0.1, 0.15) is 25.2 Å². The Morgan fingerprint density at radius 1 is 1.33 bits per heavy atom. The van der Waals surface area contributed by atoms with Crippen molar-refractivity contribution in [2.75, 3.05) is 20.8 Å². The van der Waals surface area contributed by atoms with Gasteiger partial charge in [-0.3, -0.25) is 0 Å². The van der Waals surface area contributed by atoms with Crippen molar-refractivity contribution in [3.63, 3.8) is 0 Å². The summed E-state index contributed by atoms with van der Waals surface area (Å²) in [5.74, 6) is 1.67. The van der Waals surface area contributed by atoms with Crippen LogP contribution in [0.15, 0.2) is 23.4 Å². The van der Waals surface area contributed by atoms with E-state index in [1.54, 1.807) is 7.11 Å². The quantitative estimate of drug-likeness (QED) is 0.692. The van der Waals surface area contributed by atoms with Gasteiger partial charge in [0.15, 0.2) is 0 Å². The Labute approximate surface area is 88.4 Å². The maximum Gasteiger partial charge on any atom is 0.130 e. The summed E-state index contributed by atoms with van der Waals surface area (Å²) in [6.45, 7) is 0.480. The fraction of sp³-hybridized carbons (Fsp3) is 0.364. The molecule has 0 radical (unpaired) electrons. The van der Waals surface area contributed by atoms with Crippen LogP contribution in [-0.4, -0.2) is 26.5 Å². The highest BCUT2D eigenvalue weighted by atomic mass is 16.6. The van der Waals surface area contributed by atoms with Crippen molar-refractivity contribution in [2.45, 2.75) is 6.42 Å². The maximum atomic E-state index is 5.54. The van der Waals surface area contributed by atoms with Gasteiger partial charge in [0.25, 0.3) is 0 Å². The van der Waals surface area contributed by atoms with Gasteiger partial charge in [0.2, 0.25) is 0 Å². The van der Waals surface area contributed by atoms with E-state index in [9.17, 15) is 0 Å². The van der Waals surface area contributed by atoms with E-state index in [4.69, 9.17) is 14.3 Å². The Bertz CT molecular complexity index is 387. The minimum absolute atomic E-state index is 0.480. The molecule has 0 saturated heterocycles. The summed E-state index contributed by atoms with van der Waals surface area (Å²) in [6, 6.07) is 5.79. The first-order chi connectivity index (χ1) is 7.33. The summed E-state index contributed by atoms with van der Waals surface area (Å²) in [6.07, 6.45) is 0.771. The van der Waals surface area contributed by atoms with Gasteiger partial charge < -0.3 is 14.3 Å². The van der Waals surface area contributed by atoms with Crippen molar-refractivity contribution in [2.24, 2.45) is 5.16 Å². The highest BCUT2D eigenvalue weighted by Gasteiger charge is 2.16. The van der Waals surface area contributed by atoms with Gasteiger partial charge >= 0.3 is 0 Å². The maximum absolute atomic E-state index is 5.54. The molecule has 1 aromatic carbocycles. The number of benzene rings is 1. The first kappa shape index (κ1) is 9.83. The standard InChI is InChI=1S/C11H13NO3/c1-13-10-4-3-8-5-9(12-14-2)7-15-11(8)6-10/h3-4,6H,5,7H2,1-2H3/b12-9-. The van der Waals surface area contributed by atoms with Crippen LogP contribution < -0.4 is 9.47 Å². The fourth-order valence-electron chi connectivity index (χ4n) is 1.56. The lowest BCUT2D eigenvalue weighted by atomic mass is 10.1. The predicted molar refractivity (Wildman–Crippen MR) is 56.6 cm³/mol. The van der Waals surface area contributed by atoms with Crippen molar-refractivity contribution in [3.8, 4) is 11.5 Å². The molecule has 1 heterocycles. The lowest BCUT2D eigenvalue weighted by molar-refractivity contribution is 0.208. The summed E-state index contributed by atoms with van der Waals surface area (Å²) in [5, 5.41) is 3.89. The first-order valence-electron chi connectivity index (χ1n) is 4.72. The molecule has 1 aliphatic heterocycles. The Hall–Kier alpha value is -1.71. The van der Waals surface area contributed by atoms with Crippen molar-refractivity contribution in [3.05, 3.63) is 23.8 Å². The van der Waals surface area contributed by atoms with Crippen LogP contribution in [0.2, 0.25) is 0 Å². The summed E-state index contributed by atoms with van der Waals surface area (Å²) in [7, 11) is 3.18. The van der Waals surface area contributed by atoms with E-state index in [0.717, 1.165) is 29.2 Å². The average Bonchev–Trinajstić information content (AvgIpc) is 2.29. The monoisotopic (exact) mass is 207 g/mol. The normalized spacial score (nSPS) is 16.8. The molecular weight excluding hydrogens is 194 g/mol. The number of hydrogen-bond donors (Lipinski definition) is 0. The molecule has 0 spiro atoms. The van der Waals surface area contributed by atoms with Gasteiger partial charge in [-0.05, 0) is 6.07 Å². The minimum Gasteiger partial charge on any atom is -0.497 e. The van der Waals surface area contributed by atoms with Crippen molar-refractivity contribution >= 4 is 5.71 Å². The summed E-state index contributed by atoms with van der Waals surface area (Å²) >= 11 is 0. The SMILES string of the molecule is CO/N=C1\COc2cc(OC)ccc2C1. The van der Waals surface area contributed by atoms with Gasteiger partial charge in [-0.1, -0.05) is 11.2 Å². The number of hydrogen-bond acceptors (Lipinski definition) is 4. The van der Waals surface area contributed by atoms with Gasteiger partial charge in [0, 0.05) is 18.1 Å². The zero-order chi connectivity index (χ0) is 10.7. The van der Waals surface area contributed by atoms with E-state index < -0.39 is 0 Å². The van der Waals surface area contributed by atoms with E-state index in [1.165, 1.54) is 7.11 Å². The number of rotatable bonds is 2. The largest absolute Gasteiger partial charge is 0.497 e. The molecule has 15 heavy (non-hydrogen) atoms. The van der Waals surface area contributed by atoms with Crippen LogP contribution in [0.25, 0.3) is 0 Å². The van der Waals surface area contributed by atoms with Crippen LogP contribution in [0.5, 0.6) is 11.5 Å². The summed E-state index contributed by atoms with van der Waals surface area (Å²) in [4.78, 5) is 4.72. The fourth-order valence-corrected chi connectivity index (χ4v) is 1.56. The molecule has 0 fully saturated rings. The van der Waals surface area contributed by atoms with E-state index in [0.29, 0.717) is 6.61 Å². The molecule has 0 unspecified atom stereocenters. The first-order valence-corrected chi connectivity index (χ1v) is 4.72. The van der Waals surface area contributed by atoms with Crippen LogP contribution in [0, 0.1) is 0 Å². The second kappa shape index (κ2) is 4.21. The molecule has 1 aromatic rings. The van der Waals surface area contributed by atoms with Crippen LogP contribution >= 0.6 is 0 Å². The minimum atomic E-state index is 0.480. The third kappa shape index (κ3) is 2.03. The van der Waals surface area contributed by atoms with Crippen molar-refractivity contribution in [1.29, 1.82) is 0 Å². The predicted octanol–water partition coefficient (Wildman–Crippen LogP) is 1.63.